The van der Waals surface area contributed by atoms with Gasteiger partial charge in [-0.1, -0.05) is 0 Å². The molecular formula is C5H13NO2S. The molecule has 56 valence electrons. The Kier molecular flexibility index (Phi) is 2.00. The molecule has 0 bridgehead atoms. The van der Waals surface area contributed by atoms with Crippen molar-refractivity contribution >= 4 is 10.6 Å². The maximum atomic E-state index is 9.09. The second-order valence-electron chi connectivity index (χ2n) is 2.45. The van der Waals surface area contributed by atoms with Gasteiger partial charge in [-0.05, 0) is 13.5 Å². The first-order chi connectivity index (χ1) is 4.14. The molecule has 4 heteroatoms. The van der Waals surface area contributed by atoms with Gasteiger partial charge in [0, 0.05) is 11.8 Å². The zero-order valence-electron chi connectivity index (χ0n) is 5.50. The quantitative estimate of drug-likeness (QED) is 0.518. The molecule has 0 saturated carbocycles. The average molecular weight is 151 g/mol. The van der Waals surface area contributed by atoms with E-state index < -0.39 is 10.6 Å². The monoisotopic (exact) mass is 151 g/mol. The fraction of sp³-hybridized carbons (Fsp3) is 1.00. The number of hydrogen-bond acceptors (Lipinski definition) is 3. The van der Waals surface area contributed by atoms with Crippen LogP contribution in [0.1, 0.15) is 6.42 Å². The Morgan fingerprint density at radius 1 is 1.56 bits per heavy atom. The van der Waals surface area contributed by atoms with Gasteiger partial charge < -0.3 is 5.32 Å². The highest BCUT2D eigenvalue weighted by atomic mass is 32.3. The third-order valence-electron chi connectivity index (χ3n) is 1.67. The molecule has 1 unspecified atom stereocenters. The Hall–Kier alpha value is 0.230. The van der Waals surface area contributed by atoms with E-state index >= 15 is 0 Å². The maximum Gasteiger partial charge on any atom is 0.0528 e. The lowest BCUT2D eigenvalue weighted by atomic mass is 10.3. The van der Waals surface area contributed by atoms with Crippen molar-refractivity contribution in [3.8, 4) is 0 Å². The first kappa shape index (κ1) is 7.34. The van der Waals surface area contributed by atoms with Crippen LogP contribution in [0.3, 0.4) is 0 Å². The van der Waals surface area contributed by atoms with E-state index in [0.29, 0.717) is 17.5 Å². The summed E-state index contributed by atoms with van der Waals surface area (Å²) in [5, 5.41) is 3.02. The Bertz CT molecular complexity index is 107. The summed E-state index contributed by atoms with van der Waals surface area (Å²) < 4.78 is 18.2. The summed E-state index contributed by atoms with van der Waals surface area (Å²) in [7, 11) is -0.317. The second kappa shape index (κ2) is 2.46. The molecule has 0 aromatic carbocycles. The van der Waals surface area contributed by atoms with Crippen molar-refractivity contribution in [3.05, 3.63) is 0 Å². The summed E-state index contributed by atoms with van der Waals surface area (Å²) in [6.45, 7) is 0. The molecule has 1 aliphatic heterocycles. The second-order valence-corrected chi connectivity index (χ2v) is 4.79. The molecule has 9 heavy (non-hydrogen) atoms. The van der Waals surface area contributed by atoms with E-state index in [1.807, 2.05) is 7.05 Å². The lowest BCUT2D eigenvalue weighted by molar-refractivity contribution is 0.493. The molecule has 0 spiro atoms. The summed E-state index contributed by atoms with van der Waals surface area (Å²) in [6, 6.07) is 0.329. The van der Waals surface area contributed by atoms with Gasteiger partial charge in [0.2, 0.25) is 0 Å². The van der Waals surface area contributed by atoms with Gasteiger partial charge in [0.25, 0.3) is 0 Å². The van der Waals surface area contributed by atoms with E-state index in [9.17, 15) is 0 Å². The third-order valence-corrected chi connectivity index (χ3v) is 3.50. The minimum atomic E-state index is -2.17. The van der Waals surface area contributed by atoms with Crippen LogP contribution < -0.4 is 5.32 Å². The van der Waals surface area contributed by atoms with Crippen LogP contribution in [0.4, 0.5) is 0 Å². The van der Waals surface area contributed by atoms with Crippen LogP contribution in [0.2, 0.25) is 0 Å². The standard InChI is InChI=1S/C5H13NO2S/c1-6-5-2-3-9(7,8)4-5/h5-8H,2-4H2,1H3. The van der Waals surface area contributed by atoms with Crippen LogP contribution in [-0.2, 0) is 0 Å². The number of rotatable bonds is 1. The minimum absolute atomic E-state index is 0.329. The van der Waals surface area contributed by atoms with Crippen LogP contribution in [0, 0.1) is 0 Å². The third kappa shape index (κ3) is 1.82. The first-order valence-corrected chi connectivity index (χ1v) is 4.93. The van der Waals surface area contributed by atoms with Gasteiger partial charge in [0.1, 0.15) is 0 Å². The molecule has 0 radical (unpaired) electrons. The molecule has 1 atom stereocenters. The highest BCUT2D eigenvalue weighted by Gasteiger charge is 2.26. The van der Waals surface area contributed by atoms with Crippen LogP contribution >= 0.6 is 10.6 Å². The SMILES string of the molecule is CNC1CCS(O)(O)C1. The van der Waals surface area contributed by atoms with Crippen LogP contribution in [-0.4, -0.2) is 33.7 Å². The molecule has 0 aromatic heterocycles. The molecule has 0 aliphatic carbocycles. The zero-order valence-corrected chi connectivity index (χ0v) is 6.32. The number of hydrogen-bond donors (Lipinski definition) is 3. The van der Waals surface area contributed by atoms with Crippen molar-refractivity contribution in [1.29, 1.82) is 0 Å². The van der Waals surface area contributed by atoms with Crippen molar-refractivity contribution in [3.63, 3.8) is 0 Å². The van der Waals surface area contributed by atoms with Gasteiger partial charge >= 0.3 is 0 Å². The van der Waals surface area contributed by atoms with E-state index in [4.69, 9.17) is 9.11 Å². The Morgan fingerprint density at radius 2 is 2.22 bits per heavy atom. The van der Waals surface area contributed by atoms with Crippen molar-refractivity contribution < 1.29 is 9.11 Å². The summed E-state index contributed by atoms with van der Waals surface area (Å²) in [5.74, 6) is 1.13. The molecule has 1 heterocycles. The summed E-state index contributed by atoms with van der Waals surface area (Å²) in [6.07, 6.45) is 0.902. The molecule has 0 aromatic rings. The van der Waals surface area contributed by atoms with Crippen LogP contribution in [0.15, 0.2) is 0 Å². The van der Waals surface area contributed by atoms with Crippen LogP contribution in [0.25, 0.3) is 0 Å². The van der Waals surface area contributed by atoms with Crippen molar-refractivity contribution in [2.24, 2.45) is 0 Å². The van der Waals surface area contributed by atoms with Gasteiger partial charge in [-0.25, -0.2) is 0 Å². The minimum Gasteiger partial charge on any atom is -0.315 e. The lowest BCUT2D eigenvalue weighted by Crippen LogP contribution is -2.25. The van der Waals surface area contributed by atoms with E-state index in [2.05, 4.69) is 5.32 Å². The normalized spacial score (nSPS) is 36.6. The van der Waals surface area contributed by atoms with Gasteiger partial charge in [0.05, 0.1) is 5.75 Å². The van der Waals surface area contributed by atoms with Crippen molar-refractivity contribution in [2.75, 3.05) is 18.6 Å². The Morgan fingerprint density at radius 3 is 2.44 bits per heavy atom. The molecular weight excluding hydrogens is 138 g/mol. The highest BCUT2D eigenvalue weighted by molar-refractivity contribution is 8.24. The van der Waals surface area contributed by atoms with Gasteiger partial charge in [-0.2, -0.15) is 10.6 Å². The predicted octanol–water partition coefficient (Wildman–Crippen LogP) is 0.729. The lowest BCUT2D eigenvalue weighted by Gasteiger charge is -2.25. The molecule has 0 amide bonds. The predicted molar refractivity (Wildman–Crippen MR) is 40.0 cm³/mol. The van der Waals surface area contributed by atoms with E-state index in [1.54, 1.807) is 0 Å². The molecule has 3 nitrogen and oxygen atoms in total. The first-order valence-electron chi connectivity index (χ1n) is 3.05. The van der Waals surface area contributed by atoms with Gasteiger partial charge in [0.15, 0.2) is 0 Å². The Labute approximate surface area is 56.8 Å². The summed E-state index contributed by atoms with van der Waals surface area (Å²) >= 11 is 0. The largest absolute Gasteiger partial charge is 0.315 e. The maximum absolute atomic E-state index is 9.09. The fourth-order valence-corrected chi connectivity index (χ4v) is 2.85. The molecule has 3 N–H and O–H groups in total. The van der Waals surface area contributed by atoms with Crippen LogP contribution in [0.5, 0.6) is 0 Å². The van der Waals surface area contributed by atoms with Crippen molar-refractivity contribution in [1.82, 2.24) is 5.32 Å². The van der Waals surface area contributed by atoms with Crippen molar-refractivity contribution in [2.45, 2.75) is 12.5 Å². The van der Waals surface area contributed by atoms with Gasteiger partial charge in [-0.15, -0.1) is 0 Å². The fourth-order valence-electron chi connectivity index (χ4n) is 1.05. The smallest absolute Gasteiger partial charge is 0.0528 e. The summed E-state index contributed by atoms with van der Waals surface area (Å²) in [4.78, 5) is 0. The summed E-state index contributed by atoms with van der Waals surface area (Å²) in [5.41, 5.74) is 0. The Balaban J connectivity index is 2.38. The molecule has 1 fully saturated rings. The molecule has 1 rings (SSSR count). The van der Waals surface area contributed by atoms with E-state index in [0.717, 1.165) is 6.42 Å². The molecule has 1 saturated heterocycles. The van der Waals surface area contributed by atoms with E-state index in [1.165, 1.54) is 0 Å². The molecule has 1 aliphatic rings. The highest BCUT2D eigenvalue weighted by Crippen LogP contribution is 2.45. The number of nitrogens with one attached hydrogen (secondary N) is 1. The average Bonchev–Trinajstić information content (AvgIpc) is 2.10. The topological polar surface area (TPSA) is 52.5 Å². The van der Waals surface area contributed by atoms with Gasteiger partial charge in [-0.3, -0.25) is 9.11 Å². The zero-order chi connectivity index (χ0) is 6.91. The van der Waals surface area contributed by atoms with E-state index in [-0.39, 0.29) is 0 Å².